The Morgan fingerprint density at radius 3 is 2.48 bits per heavy atom. The summed E-state index contributed by atoms with van der Waals surface area (Å²) in [6.45, 7) is 5.14. The average molecular weight is 448 g/mol. The molecule has 1 aliphatic heterocycles. The highest BCUT2D eigenvalue weighted by Crippen LogP contribution is 2.31. The Hall–Kier alpha value is -2.28. The summed E-state index contributed by atoms with van der Waals surface area (Å²) in [5.74, 6) is 1.32. The molecule has 0 saturated carbocycles. The fraction of sp³-hybridized carbons (Fsp3) is 0.458. The molecule has 1 saturated heterocycles. The molecule has 0 spiro atoms. The number of carbonyl (C=O) groups excluding carboxylic acids is 1. The van der Waals surface area contributed by atoms with Gasteiger partial charge in [-0.25, -0.2) is 0 Å². The molecule has 1 heterocycles. The first kappa shape index (κ1) is 23.4. The summed E-state index contributed by atoms with van der Waals surface area (Å²) >= 11 is 6.05. The number of morpholine rings is 1. The zero-order valence-corrected chi connectivity index (χ0v) is 19.2. The number of halogens is 1. The van der Waals surface area contributed by atoms with Gasteiger partial charge in [-0.3, -0.25) is 4.79 Å². The van der Waals surface area contributed by atoms with Crippen LogP contribution in [0.15, 0.2) is 42.5 Å². The number of amides is 1. The Morgan fingerprint density at radius 1 is 1.13 bits per heavy atom. The van der Waals surface area contributed by atoms with Crippen molar-refractivity contribution >= 4 is 17.5 Å². The van der Waals surface area contributed by atoms with Crippen LogP contribution in [0.4, 0.5) is 0 Å². The molecule has 1 fully saturated rings. The third-order valence-electron chi connectivity index (χ3n) is 5.59. The summed E-state index contributed by atoms with van der Waals surface area (Å²) in [6.07, 6.45) is 0.303. The molecule has 2 aromatic rings. The number of nitrogens with zero attached hydrogens (tertiary/aromatic N) is 1. The summed E-state index contributed by atoms with van der Waals surface area (Å²) in [5, 5.41) is 0.664. The maximum atomic E-state index is 13.1. The van der Waals surface area contributed by atoms with Crippen LogP contribution in [0, 0.1) is 0 Å². The molecule has 31 heavy (non-hydrogen) atoms. The maximum absolute atomic E-state index is 13.1. The van der Waals surface area contributed by atoms with Crippen molar-refractivity contribution in [2.45, 2.75) is 45.1 Å². The number of hydrogen-bond donors (Lipinski definition) is 0. The lowest BCUT2D eigenvalue weighted by atomic mass is 10.00. The summed E-state index contributed by atoms with van der Waals surface area (Å²) in [7, 11) is 3.22. The van der Waals surface area contributed by atoms with Gasteiger partial charge >= 0.3 is 0 Å². The van der Waals surface area contributed by atoms with E-state index in [1.165, 1.54) is 0 Å². The lowest BCUT2D eigenvalue weighted by Crippen LogP contribution is -2.54. The average Bonchev–Trinajstić information content (AvgIpc) is 2.79. The van der Waals surface area contributed by atoms with Crippen molar-refractivity contribution in [3.05, 3.63) is 58.6 Å². The highest BCUT2D eigenvalue weighted by atomic mass is 35.5. The van der Waals surface area contributed by atoms with Gasteiger partial charge in [0.1, 0.15) is 6.10 Å². The zero-order valence-electron chi connectivity index (χ0n) is 18.5. The summed E-state index contributed by atoms with van der Waals surface area (Å²) in [6, 6.07) is 13.0. The van der Waals surface area contributed by atoms with Crippen molar-refractivity contribution < 1.29 is 23.7 Å². The maximum Gasteiger partial charge on any atom is 0.252 e. The normalized spacial score (nSPS) is 19.9. The van der Waals surface area contributed by atoms with Crippen LogP contribution < -0.4 is 9.47 Å². The predicted octanol–water partition coefficient (Wildman–Crippen LogP) is 4.64. The number of methoxy groups -OCH3 is 2. The lowest BCUT2D eigenvalue weighted by molar-refractivity contribution is -0.164. The molecular weight excluding hydrogens is 418 g/mol. The molecule has 7 heteroatoms. The number of hydrogen-bond acceptors (Lipinski definition) is 5. The van der Waals surface area contributed by atoms with E-state index >= 15 is 0 Å². The van der Waals surface area contributed by atoms with Crippen LogP contribution in [0.5, 0.6) is 11.5 Å². The molecule has 0 N–H and O–H groups in total. The molecule has 1 aliphatic rings. The van der Waals surface area contributed by atoms with Gasteiger partial charge in [0.15, 0.2) is 11.5 Å². The van der Waals surface area contributed by atoms with Crippen molar-refractivity contribution in [1.82, 2.24) is 4.90 Å². The second-order valence-electron chi connectivity index (χ2n) is 7.55. The van der Waals surface area contributed by atoms with Gasteiger partial charge in [-0.1, -0.05) is 36.7 Å². The Labute approximate surface area is 189 Å². The minimum atomic E-state index is -0.469. The first-order valence-electron chi connectivity index (χ1n) is 10.5. The number of rotatable bonds is 9. The molecule has 0 bridgehead atoms. The molecule has 3 unspecified atom stereocenters. The minimum Gasteiger partial charge on any atom is -0.493 e. The topological polar surface area (TPSA) is 57.2 Å². The molecule has 3 rings (SSSR count). The van der Waals surface area contributed by atoms with E-state index in [0.717, 1.165) is 17.5 Å². The van der Waals surface area contributed by atoms with Gasteiger partial charge in [0.25, 0.3) is 5.91 Å². The number of ether oxygens (including phenoxy) is 4. The SMILES string of the molecule is CCC(COCc1ccc(OC)c(OC)c1)N1C(=O)C(C)OCC1c1ccc(Cl)cc1. The van der Waals surface area contributed by atoms with Crippen LogP contribution in [0.1, 0.15) is 37.4 Å². The highest BCUT2D eigenvalue weighted by molar-refractivity contribution is 6.30. The summed E-state index contributed by atoms with van der Waals surface area (Å²) in [5.41, 5.74) is 1.98. The van der Waals surface area contributed by atoms with Crippen molar-refractivity contribution in [2.75, 3.05) is 27.4 Å². The van der Waals surface area contributed by atoms with E-state index in [4.69, 9.17) is 30.5 Å². The fourth-order valence-corrected chi connectivity index (χ4v) is 3.93. The van der Waals surface area contributed by atoms with Crippen molar-refractivity contribution in [2.24, 2.45) is 0 Å². The summed E-state index contributed by atoms with van der Waals surface area (Å²) in [4.78, 5) is 15.0. The zero-order chi connectivity index (χ0) is 22.4. The Kier molecular flexibility index (Phi) is 8.18. The van der Waals surface area contributed by atoms with Crippen LogP contribution in [-0.2, 0) is 20.9 Å². The third kappa shape index (κ3) is 5.50. The first-order chi connectivity index (χ1) is 15.0. The Bertz CT molecular complexity index is 873. The van der Waals surface area contributed by atoms with E-state index in [1.54, 1.807) is 21.1 Å². The molecule has 0 aliphatic carbocycles. The molecule has 2 aromatic carbocycles. The Morgan fingerprint density at radius 2 is 1.84 bits per heavy atom. The van der Waals surface area contributed by atoms with Crippen LogP contribution in [0.25, 0.3) is 0 Å². The van der Waals surface area contributed by atoms with Gasteiger partial charge in [-0.15, -0.1) is 0 Å². The molecule has 168 valence electrons. The monoisotopic (exact) mass is 447 g/mol. The number of benzene rings is 2. The van der Waals surface area contributed by atoms with Gasteiger partial charge in [0.05, 0.1) is 46.1 Å². The van der Waals surface area contributed by atoms with Crippen LogP contribution in [0.2, 0.25) is 5.02 Å². The van der Waals surface area contributed by atoms with Crippen molar-refractivity contribution in [3.63, 3.8) is 0 Å². The first-order valence-corrected chi connectivity index (χ1v) is 10.8. The van der Waals surface area contributed by atoms with Gasteiger partial charge in [-0.05, 0) is 48.7 Å². The van der Waals surface area contributed by atoms with Gasteiger partial charge in [0, 0.05) is 5.02 Å². The van der Waals surface area contributed by atoms with E-state index < -0.39 is 6.10 Å². The smallest absolute Gasteiger partial charge is 0.252 e. The molecular formula is C24H30ClNO5. The lowest BCUT2D eigenvalue weighted by Gasteiger charge is -2.43. The minimum absolute atomic E-state index is 0.0206. The second kappa shape index (κ2) is 10.8. The summed E-state index contributed by atoms with van der Waals surface area (Å²) < 4.78 is 22.4. The molecule has 1 amide bonds. The second-order valence-corrected chi connectivity index (χ2v) is 7.99. The van der Waals surface area contributed by atoms with E-state index in [9.17, 15) is 4.79 Å². The highest BCUT2D eigenvalue weighted by Gasteiger charge is 2.38. The van der Waals surface area contributed by atoms with Gasteiger partial charge < -0.3 is 23.8 Å². The van der Waals surface area contributed by atoms with E-state index in [0.29, 0.717) is 36.3 Å². The van der Waals surface area contributed by atoms with E-state index in [-0.39, 0.29) is 18.0 Å². The number of carbonyl (C=O) groups is 1. The molecule has 0 radical (unpaired) electrons. The van der Waals surface area contributed by atoms with Crippen LogP contribution >= 0.6 is 11.6 Å². The van der Waals surface area contributed by atoms with E-state index in [2.05, 4.69) is 6.92 Å². The predicted molar refractivity (Wildman–Crippen MR) is 120 cm³/mol. The van der Waals surface area contributed by atoms with Crippen molar-refractivity contribution in [3.8, 4) is 11.5 Å². The van der Waals surface area contributed by atoms with Crippen LogP contribution in [-0.4, -0.2) is 50.4 Å². The standard InChI is InChI=1S/C24H30ClNO5/c1-5-20(14-30-13-17-6-11-22(28-3)23(12-17)29-4)26-21(15-31-16(2)24(26)27)18-7-9-19(25)10-8-18/h6-12,16,20-21H,5,13-15H2,1-4H3. The molecule has 0 aromatic heterocycles. The van der Waals surface area contributed by atoms with Gasteiger partial charge in [-0.2, -0.15) is 0 Å². The largest absolute Gasteiger partial charge is 0.493 e. The Balaban J connectivity index is 1.72. The van der Waals surface area contributed by atoms with Crippen LogP contribution in [0.3, 0.4) is 0 Å². The quantitative estimate of drug-likeness (QED) is 0.560. The fourth-order valence-electron chi connectivity index (χ4n) is 3.80. The van der Waals surface area contributed by atoms with Gasteiger partial charge in [0.2, 0.25) is 0 Å². The van der Waals surface area contributed by atoms with E-state index in [1.807, 2.05) is 47.4 Å². The third-order valence-corrected chi connectivity index (χ3v) is 5.84. The molecule has 3 atom stereocenters. The van der Waals surface area contributed by atoms with Crippen molar-refractivity contribution in [1.29, 1.82) is 0 Å². The molecule has 6 nitrogen and oxygen atoms in total.